The number of Topliss-reactive ketones (excluding diaryl/α,β-unsaturated/α-hetero) is 1. The molecule has 0 radical (unpaired) electrons. The van der Waals surface area contributed by atoms with E-state index in [0.29, 0.717) is 32.7 Å². The molecule has 0 unspecified atom stereocenters. The molecule has 0 atom stereocenters. The van der Waals surface area contributed by atoms with Gasteiger partial charge in [0.05, 0.1) is 4.92 Å². The molecule has 0 saturated heterocycles. The molecule has 1 heterocycles. The number of nitro benzene ring substituents is 1. The Morgan fingerprint density at radius 3 is 2.78 bits per heavy atom. The fourth-order valence-electron chi connectivity index (χ4n) is 2.75. The highest BCUT2D eigenvalue weighted by Crippen LogP contribution is 2.28. The van der Waals surface area contributed by atoms with Crippen LogP contribution in [0.1, 0.15) is 15.9 Å². The Hall–Kier alpha value is -3.63. The summed E-state index contributed by atoms with van der Waals surface area (Å²) in [4.78, 5) is 26.4. The second-order valence-electron chi connectivity index (χ2n) is 5.67. The number of nitro groups is 1. The van der Waals surface area contributed by atoms with Gasteiger partial charge < -0.3 is 10.3 Å². The summed E-state index contributed by atoms with van der Waals surface area (Å²) in [6.45, 7) is 0. The molecule has 0 aliphatic heterocycles. The Balaban J connectivity index is 2.04. The summed E-state index contributed by atoms with van der Waals surface area (Å²) in [6, 6.07) is 11.3. The summed E-state index contributed by atoms with van der Waals surface area (Å²) in [5.74, 6) is -0.480. The Morgan fingerprint density at radius 2 is 2.11 bits per heavy atom. The summed E-state index contributed by atoms with van der Waals surface area (Å²) < 4.78 is 0. The first-order valence-corrected chi connectivity index (χ1v) is 8.21. The Labute approximate surface area is 159 Å². The maximum absolute atomic E-state index is 12.8. The summed E-state index contributed by atoms with van der Waals surface area (Å²) in [7, 11) is 1.57. The van der Waals surface area contributed by atoms with Gasteiger partial charge in [0.2, 0.25) is 5.78 Å². The van der Waals surface area contributed by atoms with Crippen LogP contribution in [0.4, 0.5) is 11.4 Å². The molecule has 0 aliphatic carbocycles. The molecule has 3 rings (SSSR count). The molecule has 3 aromatic rings. The van der Waals surface area contributed by atoms with Crippen LogP contribution in [-0.4, -0.2) is 22.7 Å². The maximum atomic E-state index is 12.8. The average Bonchev–Trinajstić information content (AvgIpc) is 3.08. The van der Waals surface area contributed by atoms with E-state index in [1.165, 1.54) is 24.4 Å². The number of hydrogen-bond donors (Lipinski definition) is 2. The first-order valence-electron chi connectivity index (χ1n) is 7.84. The molecule has 0 bridgehead atoms. The first kappa shape index (κ1) is 18.2. The van der Waals surface area contributed by atoms with Crippen molar-refractivity contribution in [1.29, 1.82) is 5.26 Å². The van der Waals surface area contributed by atoms with Gasteiger partial charge in [-0.1, -0.05) is 23.7 Å². The lowest BCUT2D eigenvalue weighted by atomic mass is 10.0. The molecule has 0 amide bonds. The molecule has 8 heteroatoms. The van der Waals surface area contributed by atoms with Gasteiger partial charge in [-0.15, -0.1) is 0 Å². The van der Waals surface area contributed by atoms with Crippen LogP contribution in [0.2, 0.25) is 5.02 Å². The quantitative estimate of drug-likeness (QED) is 0.221. The number of aromatic amines is 1. The van der Waals surface area contributed by atoms with E-state index >= 15 is 0 Å². The van der Waals surface area contributed by atoms with Crippen molar-refractivity contribution in [2.24, 2.45) is 0 Å². The summed E-state index contributed by atoms with van der Waals surface area (Å²) in [5.41, 5.74) is 1.46. The lowest BCUT2D eigenvalue weighted by molar-refractivity contribution is -0.383. The molecule has 27 heavy (non-hydrogen) atoms. The van der Waals surface area contributed by atoms with Gasteiger partial charge in [0.15, 0.2) is 0 Å². The molecule has 2 aromatic carbocycles. The van der Waals surface area contributed by atoms with Gasteiger partial charge in [0.25, 0.3) is 5.69 Å². The van der Waals surface area contributed by atoms with Crippen LogP contribution in [0.15, 0.2) is 48.2 Å². The SMILES string of the molecule is CNc1ccc(/C=C(\C#N)C(=O)c2c[nH]c3cc(Cl)ccc23)cc1[N+](=O)[O-]. The van der Waals surface area contributed by atoms with E-state index in [1.54, 1.807) is 31.3 Å². The molecule has 1 aromatic heterocycles. The number of allylic oxidation sites excluding steroid dienone is 1. The Bertz CT molecular complexity index is 1140. The van der Waals surface area contributed by atoms with Gasteiger partial charge in [-0.05, 0) is 29.8 Å². The molecule has 0 saturated carbocycles. The van der Waals surface area contributed by atoms with Crippen LogP contribution in [0.25, 0.3) is 17.0 Å². The number of rotatable bonds is 5. The fourth-order valence-corrected chi connectivity index (χ4v) is 2.92. The van der Waals surface area contributed by atoms with E-state index in [1.807, 2.05) is 6.07 Å². The maximum Gasteiger partial charge on any atom is 0.292 e. The number of aromatic nitrogens is 1. The topological polar surface area (TPSA) is 112 Å². The smallest absolute Gasteiger partial charge is 0.292 e. The molecule has 7 nitrogen and oxygen atoms in total. The average molecular weight is 381 g/mol. The van der Waals surface area contributed by atoms with Crippen LogP contribution in [-0.2, 0) is 0 Å². The highest BCUT2D eigenvalue weighted by molar-refractivity contribution is 6.31. The minimum atomic E-state index is -0.527. The van der Waals surface area contributed by atoms with Gasteiger partial charge in [-0.2, -0.15) is 5.26 Å². The number of nitrogens with zero attached hydrogens (tertiary/aromatic N) is 2. The number of hydrogen-bond acceptors (Lipinski definition) is 5. The zero-order valence-electron chi connectivity index (χ0n) is 14.1. The zero-order valence-corrected chi connectivity index (χ0v) is 14.9. The summed E-state index contributed by atoms with van der Waals surface area (Å²) >= 11 is 5.94. The van der Waals surface area contributed by atoms with Gasteiger partial charge in [0, 0.05) is 40.8 Å². The van der Waals surface area contributed by atoms with Crippen molar-refractivity contribution in [2.75, 3.05) is 12.4 Å². The number of fused-ring (bicyclic) bond motifs is 1. The predicted octanol–water partition coefficient (Wildman–Crippen LogP) is 4.56. The number of benzene rings is 2. The Kier molecular flexibility index (Phi) is 4.92. The number of anilines is 1. The minimum Gasteiger partial charge on any atom is -0.383 e. The van der Waals surface area contributed by atoms with Crippen LogP contribution in [0.5, 0.6) is 0 Å². The first-order chi connectivity index (χ1) is 12.9. The molecule has 134 valence electrons. The predicted molar refractivity (Wildman–Crippen MR) is 104 cm³/mol. The van der Waals surface area contributed by atoms with Gasteiger partial charge in [-0.25, -0.2) is 0 Å². The molecular weight excluding hydrogens is 368 g/mol. The largest absolute Gasteiger partial charge is 0.383 e. The Morgan fingerprint density at radius 1 is 1.33 bits per heavy atom. The second-order valence-corrected chi connectivity index (χ2v) is 6.11. The number of ketones is 1. The number of halogens is 1. The van der Waals surface area contributed by atoms with E-state index < -0.39 is 10.7 Å². The van der Waals surface area contributed by atoms with E-state index in [4.69, 9.17) is 11.6 Å². The zero-order chi connectivity index (χ0) is 19.6. The molecule has 0 spiro atoms. The molecular formula is C19H13ClN4O3. The third kappa shape index (κ3) is 3.52. The fraction of sp³-hybridized carbons (Fsp3) is 0.0526. The van der Waals surface area contributed by atoms with Crippen molar-refractivity contribution < 1.29 is 9.72 Å². The van der Waals surface area contributed by atoms with Gasteiger partial charge in [0.1, 0.15) is 17.3 Å². The number of H-pyrrole nitrogens is 1. The van der Waals surface area contributed by atoms with E-state index in [-0.39, 0.29) is 11.3 Å². The molecule has 2 N–H and O–H groups in total. The normalized spacial score (nSPS) is 11.2. The van der Waals surface area contributed by atoms with E-state index in [9.17, 15) is 20.2 Å². The molecule has 0 aliphatic rings. The number of nitrogens with one attached hydrogen (secondary N) is 2. The standard InChI is InChI=1S/C19H13ClN4O3/c1-22-16-5-2-11(7-18(16)24(26)27)6-12(9-21)19(25)15-10-23-17-8-13(20)3-4-14(15)17/h2-8,10,22-23H,1H3/b12-6+. The molecule has 0 fully saturated rings. The van der Waals surface area contributed by atoms with E-state index in [0.717, 1.165) is 0 Å². The third-order valence-corrected chi connectivity index (χ3v) is 4.29. The van der Waals surface area contributed by atoms with Crippen LogP contribution in [0.3, 0.4) is 0 Å². The van der Waals surface area contributed by atoms with Crippen molar-refractivity contribution in [3.63, 3.8) is 0 Å². The van der Waals surface area contributed by atoms with Crippen LogP contribution < -0.4 is 5.32 Å². The minimum absolute atomic E-state index is 0.127. The number of carbonyl (C=O) groups is 1. The van der Waals surface area contributed by atoms with Crippen LogP contribution >= 0.6 is 11.6 Å². The van der Waals surface area contributed by atoms with Crippen molar-refractivity contribution in [1.82, 2.24) is 4.98 Å². The lowest BCUT2D eigenvalue weighted by Gasteiger charge is -2.03. The van der Waals surface area contributed by atoms with Crippen LogP contribution in [0, 0.1) is 21.4 Å². The van der Waals surface area contributed by atoms with Crippen molar-refractivity contribution in [2.45, 2.75) is 0 Å². The third-order valence-electron chi connectivity index (χ3n) is 4.05. The number of carbonyl (C=O) groups excluding carboxylic acids is 1. The van der Waals surface area contributed by atoms with Crippen molar-refractivity contribution in [3.8, 4) is 6.07 Å². The highest BCUT2D eigenvalue weighted by Gasteiger charge is 2.18. The second kappa shape index (κ2) is 7.32. The van der Waals surface area contributed by atoms with Gasteiger partial charge in [-0.3, -0.25) is 14.9 Å². The number of nitriles is 1. The van der Waals surface area contributed by atoms with E-state index in [2.05, 4.69) is 10.3 Å². The summed E-state index contributed by atoms with van der Waals surface area (Å²) in [5, 5.41) is 24.5. The monoisotopic (exact) mass is 380 g/mol. The lowest BCUT2D eigenvalue weighted by Crippen LogP contribution is -2.01. The summed E-state index contributed by atoms with van der Waals surface area (Å²) in [6.07, 6.45) is 2.85. The highest BCUT2D eigenvalue weighted by atomic mass is 35.5. The van der Waals surface area contributed by atoms with Gasteiger partial charge >= 0.3 is 0 Å². The van der Waals surface area contributed by atoms with Crippen molar-refractivity contribution >= 4 is 45.7 Å². The van der Waals surface area contributed by atoms with Crippen molar-refractivity contribution in [3.05, 3.63) is 74.4 Å².